The molecule has 1 atom stereocenters. The molecule has 0 aliphatic rings. The fraction of sp³-hybridized carbons (Fsp3) is 0.143. The molecule has 3 aromatic rings. The van der Waals surface area contributed by atoms with Crippen LogP contribution in [-0.2, 0) is 4.74 Å². The first-order valence-electron chi connectivity index (χ1n) is 8.12. The second kappa shape index (κ2) is 7.58. The van der Waals surface area contributed by atoms with Crippen LogP contribution in [0.15, 0.2) is 65.1 Å². The molecule has 0 bridgehead atoms. The van der Waals surface area contributed by atoms with E-state index in [9.17, 15) is 9.59 Å². The van der Waals surface area contributed by atoms with Crippen LogP contribution < -0.4 is 0 Å². The second-order valence-electron chi connectivity index (χ2n) is 5.87. The Kier molecular flexibility index (Phi) is 5.24. The maximum absolute atomic E-state index is 12.3. The van der Waals surface area contributed by atoms with Gasteiger partial charge in [0.15, 0.2) is 5.78 Å². The van der Waals surface area contributed by atoms with Crippen molar-refractivity contribution in [2.24, 2.45) is 0 Å². The lowest BCUT2D eigenvalue weighted by molar-refractivity contribution is 0.0302. The summed E-state index contributed by atoms with van der Waals surface area (Å²) in [6.45, 7) is 3.26. The van der Waals surface area contributed by atoms with E-state index >= 15 is 0 Å². The van der Waals surface area contributed by atoms with Gasteiger partial charge in [0.05, 0.1) is 0 Å². The molecule has 0 saturated carbocycles. The number of esters is 1. The molecule has 2 aromatic carbocycles. The molecule has 0 aliphatic carbocycles. The molecular weight excluding hydrogens is 352 g/mol. The minimum Gasteiger partial charge on any atom is -0.452 e. The predicted octanol–water partition coefficient (Wildman–Crippen LogP) is 5.72. The minimum atomic E-state index is -0.566. The van der Waals surface area contributed by atoms with Crippen LogP contribution in [0.3, 0.4) is 0 Å². The van der Waals surface area contributed by atoms with E-state index in [4.69, 9.17) is 20.8 Å². The van der Waals surface area contributed by atoms with Crippen LogP contribution >= 0.6 is 11.6 Å². The van der Waals surface area contributed by atoms with Crippen molar-refractivity contribution in [1.82, 2.24) is 0 Å². The number of carbonyl (C=O) groups is 2. The Morgan fingerprint density at radius 1 is 1.00 bits per heavy atom. The standard InChI is InChI=1S/C21H17ClO4/c1-13(23)15-7-9-16(10-8-15)19-11-12-20(26-19)21(24)25-14(2)17-5-3-4-6-18(17)22/h3-12,14H,1-2H3/t14-/m0/s1. The molecule has 3 rings (SSSR count). The van der Waals surface area contributed by atoms with Crippen molar-refractivity contribution >= 4 is 23.4 Å². The van der Waals surface area contributed by atoms with Gasteiger partial charge in [0, 0.05) is 21.7 Å². The average molecular weight is 369 g/mol. The highest BCUT2D eigenvalue weighted by molar-refractivity contribution is 6.31. The maximum Gasteiger partial charge on any atom is 0.374 e. The van der Waals surface area contributed by atoms with Gasteiger partial charge >= 0.3 is 5.97 Å². The summed E-state index contributed by atoms with van der Waals surface area (Å²) in [5, 5.41) is 0.540. The van der Waals surface area contributed by atoms with Crippen LogP contribution in [0.2, 0.25) is 5.02 Å². The Bertz CT molecular complexity index is 941. The minimum absolute atomic E-state index is 0.00572. The molecule has 0 unspecified atom stereocenters. The summed E-state index contributed by atoms with van der Waals surface area (Å²) >= 11 is 6.13. The molecule has 26 heavy (non-hydrogen) atoms. The van der Waals surface area contributed by atoms with Gasteiger partial charge in [0.25, 0.3) is 0 Å². The van der Waals surface area contributed by atoms with Crippen molar-refractivity contribution in [2.45, 2.75) is 20.0 Å². The normalized spacial score (nSPS) is 11.8. The summed E-state index contributed by atoms with van der Waals surface area (Å²) in [6, 6.07) is 17.5. The maximum atomic E-state index is 12.3. The van der Waals surface area contributed by atoms with Crippen LogP contribution in [0, 0.1) is 0 Å². The highest BCUT2D eigenvalue weighted by Gasteiger charge is 2.19. The number of carbonyl (C=O) groups excluding carboxylic acids is 2. The molecule has 4 nitrogen and oxygen atoms in total. The number of halogens is 1. The predicted molar refractivity (Wildman–Crippen MR) is 99.4 cm³/mol. The van der Waals surface area contributed by atoms with E-state index in [0.717, 1.165) is 11.1 Å². The van der Waals surface area contributed by atoms with Crippen molar-refractivity contribution in [1.29, 1.82) is 0 Å². The van der Waals surface area contributed by atoms with Crippen molar-refractivity contribution in [3.05, 3.63) is 82.6 Å². The third-order valence-corrected chi connectivity index (χ3v) is 4.35. The van der Waals surface area contributed by atoms with E-state index < -0.39 is 12.1 Å². The second-order valence-corrected chi connectivity index (χ2v) is 6.27. The van der Waals surface area contributed by atoms with Crippen molar-refractivity contribution in [2.75, 3.05) is 0 Å². The molecule has 1 aromatic heterocycles. The van der Waals surface area contributed by atoms with E-state index in [1.54, 1.807) is 49.4 Å². The Morgan fingerprint density at radius 3 is 2.35 bits per heavy atom. The molecule has 1 heterocycles. The third kappa shape index (κ3) is 3.86. The van der Waals surface area contributed by atoms with E-state index in [0.29, 0.717) is 16.3 Å². The number of furan rings is 1. The number of hydrogen-bond acceptors (Lipinski definition) is 4. The van der Waals surface area contributed by atoms with Gasteiger partial charge in [-0.15, -0.1) is 0 Å². The van der Waals surface area contributed by atoms with Gasteiger partial charge in [-0.25, -0.2) is 4.79 Å². The van der Waals surface area contributed by atoms with Gasteiger partial charge in [-0.3, -0.25) is 4.79 Å². The lowest BCUT2D eigenvalue weighted by Gasteiger charge is -2.13. The van der Waals surface area contributed by atoms with E-state index in [-0.39, 0.29) is 11.5 Å². The number of ketones is 1. The highest BCUT2D eigenvalue weighted by atomic mass is 35.5. The first-order valence-corrected chi connectivity index (χ1v) is 8.50. The van der Waals surface area contributed by atoms with Gasteiger partial charge < -0.3 is 9.15 Å². The van der Waals surface area contributed by atoms with Gasteiger partial charge in [-0.2, -0.15) is 0 Å². The SMILES string of the molecule is CC(=O)c1ccc(-c2ccc(C(=O)O[C@@H](C)c3ccccc3Cl)o2)cc1. The van der Waals surface area contributed by atoms with E-state index in [1.807, 2.05) is 18.2 Å². The van der Waals surface area contributed by atoms with Crippen molar-refractivity contribution in [3.63, 3.8) is 0 Å². The van der Waals surface area contributed by atoms with Gasteiger partial charge in [0.1, 0.15) is 11.9 Å². The fourth-order valence-electron chi connectivity index (χ4n) is 2.56. The lowest BCUT2D eigenvalue weighted by Crippen LogP contribution is -2.08. The van der Waals surface area contributed by atoms with Crippen molar-refractivity contribution in [3.8, 4) is 11.3 Å². The van der Waals surface area contributed by atoms with Crippen LogP contribution in [0.1, 0.15) is 46.4 Å². The number of benzene rings is 2. The Morgan fingerprint density at radius 2 is 1.69 bits per heavy atom. The first-order chi connectivity index (χ1) is 12.5. The monoisotopic (exact) mass is 368 g/mol. The number of Topliss-reactive ketones (excluding diaryl/α,β-unsaturated/α-hetero) is 1. The molecule has 0 spiro atoms. The summed E-state index contributed by atoms with van der Waals surface area (Å²) in [4.78, 5) is 23.7. The number of ether oxygens (including phenoxy) is 1. The zero-order chi connectivity index (χ0) is 18.7. The molecule has 132 valence electrons. The lowest BCUT2D eigenvalue weighted by atomic mass is 10.1. The summed E-state index contributed by atoms with van der Waals surface area (Å²) < 4.78 is 11.0. The zero-order valence-corrected chi connectivity index (χ0v) is 15.1. The smallest absolute Gasteiger partial charge is 0.374 e. The molecular formula is C21H17ClO4. The first kappa shape index (κ1) is 18.0. The quantitative estimate of drug-likeness (QED) is 0.427. The van der Waals surface area contributed by atoms with Crippen LogP contribution in [0.25, 0.3) is 11.3 Å². The molecule has 0 amide bonds. The summed E-state index contributed by atoms with van der Waals surface area (Å²) in [6.07, 6.45) is -0.500. The molecule has 0 N–H and O–H groups in total. The topological polar surface area (TPSA) is 56.5 Å². The van der Waals surface area contributed by atoms with Gasteiger partial charge in [0.2, 0.25) is 5.76 Å². The summed E-state index contributed by atoms with van der Waals surface area (Å²) in [5.74, 6) is 0.0600. The highest BCUT2D eigenvalue weighted by Crippen LogP contribution is 2.27. The van der Waals surface area contributed by atoms with E-state index in [1.165, 1.54) is 6.92 Å². The van der Waals surface area contributed by atoms with Crippen LogP contribution in [0.5, 0.6) is 0 Å². The molecule has 0 fully saturated rings. The Balaban J connectivity index is 1.73. The van der Waals surface area contributed by atoms with Gasteiger partial charge in [-0.05, 0) is 32.0 Å². The van der Waals surface area contributed by atoms with Crippen LogP contribution in [0.4, 0.5) is 0 Å². The number of rotatable bonds is 5. The van der Waals surface area contributed by atoms with Crippen LogP contribution in [-0.4, -0.2) is 11.8 Å². The summed E-state index contributed by atoms with van der Waals surface area (Å²) in [5.41, 5.74) is 2.12. The van der Waals surface area contributed by atoms with Crippen molar-refractivity contribution < 1.29 is 18.7 Å². The molecule has 5 heteroatoms. The van der Waals surface area contributed by atoms with E-state index in [2.05, 4.69) is 0 Å². The van der Waals surface area contributed by atoms with Gasteiger partial charge in [-0.1, -0.05) is 54.1 Å². The zero-order valence-electron chi connectivity index (χ0n) is 14.4. The molecule has 0 radical (unpaired) electrons. The average Bonchev–Trinajstić information content (AvgIpc) is 3.12. The molecule has 0 aliphatic heterocycles. The molecule has 0 saturated heterocycles. The summed E-state index contributed by atoms with van der Waals surface area (Å²) in [7, 11) is 0. The largest absolute Gasteiger partial charge is 0.452 e. The Hall–Kier alpha value is -2.85. The third-order valence-electron chi connectivity index (χ3n) is 4.01. The number of hydrogen-bond donors (Lipinski definition) is 0. The fourth-order valence-corrected chi connectivity index (χ4v) is 2.85. The Labute approximate surface area is 156 Å².